The van der Waals surface area contributed by atoms with Gasteiger partial charge in [0, 0.05) is 25.8 Å². The summed E-state index contributed by atoms with van der Waals surface area (Å²) >= 11 is 0. The standard InChI is InChI=1S/C12H19N3O2/c1-14(2)6-7-15(3)11-5-4-9(13)8-10(11)12(16)17/h4-5,8H,6-7,13H2,1-3H3,(H,16,17). The Balaban J connectivity index is 2.92. The van der Waals surface area contributed by atoms with Crippen LogP contribution in [0.4, 0.5) is 11.4 Å². The number of nitrogen functional groups attached to an aromatic ring is 1. The Morgan fingerprint density at radius 1 is 1.29 bits per heavy atom. The Morgan fingerprint density at radius 3 is 2.47 bits per heavy atom. The van der Waals surface area contributed by atoms with Crippen molar-refractivity contribution in [3.63, 3.8) is 0 Å². The normalized spacial score (nSPS) is 10.6. The molecule has 0 saturated heterocycles. The molecular weight excluding hydrogens is 218 g/mol. The van der Waals surface area contributed by atoms with Crippen LogP contribution in [-0.4, -0.2) is 50.2 Å². The molecule has 0 aliphatic rings. The van der Waals surface area contributed by atoms with Gasteiger partial charge in [0.1, 0.15) is 0 Å². The minimum absolute atomic E-state index is 0.242. The summed E-state index contributed by atoms with van der Waals surface area (Å²) in [5, 5.41) is 9.12. The largest absolute Gasteiger partial charge is 0.478 e. The molecule has 0 aliphatic heterocycles. The van der Waals surface area contributed by atoms with Crippen LogP contribution >= 0.6 is 0 Å². The Bertz CT molecular complexity index is 405. The first kappa shape index (κ1) is 13.3. The fourth-order valence-electron chi connectivity index (χ4n) is 1.53. The van der Waals surface area contributed by atoms with Crippen LogP contribution in [-0.2, 0) is 0 Å². The average Bonchev–Trinajstić information content (AvgIpc) is 2.25. The van der Waals surface area contributed by atoms with Crippen LogP contribution in [0.5, 0.6) is 0 Å². The number of rotatable bonds is 5. The van der Waals surface area contributed by atoms with Gasteiger partial charge in [0.05, 0.1) is 11.3 Å². The van der Waals surface area contributed by atoms with E-state index in [2.05, 4.69) is 0 Å². The quantitative estimate of drug-likeness (QED) is 0.747. The van der Waals surface area contributed by atoms with Crippen molar-refractivity contribution < 1.29 is 9.90 Å². The molecule has 0 spiro atoms. The minimum Gasteiger partial charge on any atom is -0.478 e. The molecule has 1 rings (SSSR count). The van der Waals surface area contributed by atoms with Gasteiger partial charge in [-0.3, -0.25) is 0 Å². The maximum Gasteiger partial charge on any atom is 0.337 e. The monoisotopic (exact) mass is 237 g/mol. The van der Waals surface area contributed by atoms with Gasteiger partial charge >= 0.3 is 5.97 Å². The van der Waals surface area contributed by atoms with E-state index in [-0.39, 0.29) is 5.56 Å². The number of aromatic carboxylic acids is 1. The van der Waals surface area contributed by atoms with Crippen LogP contribution in [0.15, 0.2) is 18.2 Å². The smallest absolute Gasteiger partial charge is 0.337 e. The molecule has 0 amide bonds. The fourth-order valence-corrected chi connectivity index (χ4v) is 1.53. The van der Waals surface area contributed by atoms with Crippen LogP contribution in [0.3, 0.4) is 0 Å². The first-order valence-corrected chi connectivity index (χ1v) is 5.40. The van der Waals surface area contributed by atoms with Gasteiger partial charge in [0.2, 0.25) is 0 Å². The number of hydrogen-bond acceptors (Lipinski definition) is 4. The number of likely N-dealkylation sites (N-methyl/N-ethyl adjacent to an activating group) is 2. The van der Waals surface area contributed by atoms with Crippen molar-refractivity contribution in [2.24, 2.45) is 0 Å². The number of nitrogens with zero attached hydrogens (tertiary/aromatic N) is 2. The van der Waals surface area contributed by atoms with Gasteiger partial charge in [0.15, 0.2) is 0 Å². The predicted molar refractivity (Wildman–Crippen MR) is 69.6 cm³/mol. The Kier molecular flexibility index (Phi) is 4.34. The summed E-state index contributed by atoms with van der Waals surface area (Å²) < 4.78 is 0. The molecule has 0 atom stereocenters. The predicted octanol–water partition coefficient (Wildman–Crippen LogP) is 0.965. The summed E-state index contributed by atoms with van der Waals surface area (Å²) in [5.74, 6) is -0.955. The lowest BCUT2D eigenvalue weighted by Gasteiger charge is -2.23. The van der Waals surface area contributed by atoms with E-state index >= 15 is 0 Å². The summed E-state index contributed by atoms with van der Waals surface area (Å²) in [6, 6.07) is 4.95. The first-order valence-electron chi connectivity index (χ1n) is 5.40. The second-order valence-corrected chi connectivity index (χ2v) is 4.31. The van der Waals surface area contributed by atoms with Crippen molar-refractivity contribution in [2.75, 3.05) is 44.9 Å². The maximum absolute atomic E-state index is 11.1. The van der Waals surface area contributed by atoms with E-state index in [0.717, 1.165) is 13.1 Å². The van der Waals surface area contributed by atoms with Crippen molar-refractivity contribution in [1.29, 1.82) is 0 Å². The van der Waals surface area contributed by atoms with E-state index in [4.69, 9.17) is 10.8 Å². The molecule has 0 saturated carbocycles. The summed E-state index contributed by atoms with van der Waals surface area (Å²) in [4.78, 5) is 15.1. The second kappa shape index (κ2) is 5.54. The highest BCUT2D eigenvalue weighted by molar-refractivity contribution is 5.95. The fraction of sp³-hybridized carbons (Fsp3) is 0.417. The highest BCUT2D eigenvalue weighted by atomic mass is 16.4. The van der Waals surface area contributed by atoms with Gasteiger partial charge in [-0.2, -0.15) is 0 Å². The topological polar surface area (TPSA) is 69.8 Å². The third kappa shape index (κ3) is 3.64. The van der Waals surface area contributed by atoms with Gasteiger partial charge in [0.25, 0.3) is 0 Å². The SMILES string of the molecule is CN(C)CCN(C)c1ccc(N)cc1C(=O)O. The maximum atomic E-state index is 11.1. The van der Waals surface area contributed by atoms with Crippen LogP contribution in [0.1, 0.15) is 10.4 Å². The first-order chi connectivity index (χ1) is 7.91. The molecule has 5 nitrogen and oxygen atoms in total. The van der Waals surface area contributed by atoms with Crippen molar-refractivity contribution in [3.8, 4) is 0 Å². The van der Waals surface area contributed by atoms with E-state index in [1.54, 1.807) is 12.1 Å². The molecule has 0 bridgehead atoms. The van der Waals surface area contributed by atoms with Gasteiger partial charge in [-0.05, 0) is 32.3 Å². The number of carbonyl (C=O) groups is 1. The molecule has 1 aromatic carbocycles. The van der Waals surface area contributed by atoms with Gasteiger partial charge in [-0.15, -0.1) is 0 Å². The zero-order valence-electron chi connectivity index (χ0n) is 10.5. The molecule has 94 valence electrons. The summed E-state index contributed by atoms with van der Waals surface area (Å²) in [6.07, 6.45) is 0. The zero-order valence-corrected chi connectivity index (χ0v) is 10.5. The molecule has 3 N–H and O–H groups in total. The highest BCUT2D eigenvalue weighted by Crippen LogP contribution is 2.22. The molecule has 5 heteroatoms. The third-order valence-corrected chi connectivity index (χ3v) is 2.54. The molecule has 1 aromatic rings. The van der Waals surface area contributed by atoms with Gasteiger partial charge in [-0.25, -0.2) is 4.79 Å². The van der Waals surface area contributed by atoms with E-state index in [1.807, 2.05) is 30.9 Å². The Labute approximate surface area is 101 Å². The van der Waals surface area contributed by atoms with Crippen LogP contribution < -0.4 is 10.6 Å². The van der Waals surface area contributed by atoms with Crippen LogP contribution in [0, 0.1) is 0 Å². The number of anilines is 2. The molecule has 0 aliphatic carbocycles. The average molecular weight is 237 g/mol. The number of benzene rings is 1. The Morgan fingerprint density at radius 2 is 1.94 bits per heavy atom. The molecule has 0 unspecified atom stereocenters. The molecule has 0 heterocycles. The summed E-state index contributed by atoms with van der Waals surface area (Å²) in [5.41, 5.74) is 6.99. The molecule has 17 heavy (non-hydrogen) atoms. The highest BCUT2D eigenvalue weighted by Gasteiger charge is 2.13. The molecule has 0 radical (unpaired) electrons. The molecule has 0 fully saturated rings. The van der Waals surface area contributed by atoms with E-state index < -0.39 is 5.97 Å². The van der Waals surface area contributed by atoms with Crippen molar-refractivity contribution in [1.82, 2.24) is 4.90 Å². The number of hydrogen-bond donors (Lipinski definition) is 2. The van der Waals surface area contributed by atoms with Crippen molar-refractivity contribution in [2.45, 2.75) is 0 Å². The van der Waals surface area contributed by atoms with Crippen LogP contribution in [0.2, 0.25) is 0 Å². The summed E-state index contributed by atoms with van der Waals surface area (Å²) in [6.45, 7) is 1.62. The zero-order chi connectivity index (χ0) is 13.0. The lowest BCUT2D eigenvalue weighted by molar-refractivity contribution is 0.0697. The lowest BCUT2D eigenvalue weighted by atomic mass is 10.1. The van der Waals surface area contributed by atoms with Gasteiger partial charge < -0.3 is 20.6 Å². The Hall–Kier alpha value is -1.75. The van der Waals surface area contributed by atoms with E-state index in [9.17, 15) is 4.79 Å². The third-order valence-electron chi connectivity index (χ3n) is 2.54. The van der Waals surface area contributed by atoms with Crippen LogP contribution in [0.25, 0.3) is 0 Å². The van der Waals surface area contributed by atoms with Gasteiger partial charge in [-0.1, -0.05) is 0 Å². The van der Waals surface area contributed by atoms with Crippen molar-refractivity contribution in [3.05, 3.63) is 23.8 Å². The van der Waals surface area contributed by atoms with E-state index in [1.165, 1.54) is 6.07 Å². The van der Waals surface area contributed by atoms with E-state index in [0.29, 0.717) is 11.4 Å². The number of carboxylic acid groups (broad SMARTS) is 1. The molecular formula is C12H19N3O2. The number of carboxylic acids is 1. The van der Waals surface area contributed by atoms with Crippen molar-refractivity contribution >= 4 is 17.3 Å². The minimum atomic E-state index is -0.955. The molecule has 0 aromatic heterocycles. The number of nitrogens with two attached hydrogens (primary N) is 1. The lowest BCUT2D eigenvalue weighted by Crippen LogP contribution is -2.29. The second-order valence-electron chi connectivity index (χ2n) is 4.31. The summed E-state index contributed by atoms with van der Waals surface area (Å²) in [7, 11) is 5.84.